The lowest BCUT2D eigenvalue weighted by atomic mass is 10.2. The summed E-state index contributed by atoms with van der Waals surface area (Å²) in [6.45, 7) is 0.438. The van der Waals surface area contributed by atoms with Gasteiger partial charge in [0.25, 0.3) is 5.91 Å². The number of hydrogen-bond acceptors (Lipinski definition) is 4. The summed E-state index contributed by atoms with van der Waals surface area (Å²) < 4.78 is 1.72. The van der Waals surface area contributed by atoms with Crippen molar-refractivity contribution in [3.05, 3.63) is 42.0 Å². The molecule has 0 spiro atoms. The molecule has 0 unspecified atom stereocenters. The fraction of sp³-hybridized carbons (Fsp3) is 0.250. The van der Waals surface area contributed by atoms with Crippen LogP contribution >= 0.6 is 0 Å². The molecule has 0 bridgehead atoms. The molecule has 1 amide bonds. The highest BCUT2D eigenvalue weighted by atomic mass is 16.1. The van der Waals surface area contributed by atoms with E-state index in [4.69, 9.17) is 0 Å². The maximum Gasteiger partial charge on any atom is 0.255 e. The molecule has 0 radical (unpaired) electrons. The number of pyridine rings is 1. The first-order valence-corrected chi connectivity index (χ1v) is 5.59. The van der Waals surface area contributed by atoms with E-state index in [0.717, 1.165) is 11.4 Å². The number of hydrogen-bond donors (Lipinski definition) is 2. The molecule has 0 aromatic carbocycles. The van der Waals surface area contributed by atoms with Crippen LogP contribution in [0.1, 0.15) is 16.1 Å². The van der Waals surface area contributed by atoms with Crippen molar-refractivity contribution >= 4 is 11.6 Å². The molecule has 2 heterocycles. The van der Waals surface area contributed by atoms with Crippen molar-refractivity contribution in [3.8, 4) is 0 Å². The molecule has 0 atom stereocenters. The number of carbonyl (C=O) groups is 1. The minimum atomic E-state index is -0.159. The summed E-state index contributed by atoms with van der Waals surface area (Å²) in [6.07, 6.45) is 4.89. The standard InChI is InChI=1S/C12H15N5O/c1-13-11-4-5-14-8-10(11)12(18)15-7-9-3-6-16-17(9)2/h3-6,8H,7H2,1-2H3,(H,13,14)(H,15,18). The number of amides is 1. The Labute approximate surface area is 105 Å². The number of anilines is 1. The van der Waals surface area contributed by atoms with Gasteiger partial charge in [-0.15, -0.1) is 0 Å². The molecular formula is C12H15N5O. The van der Waals surface area contributed by atoms with Gasteiger partial charge in [0, 0.05) is 38.4 Å². The minimum absolute atomic E-state index is 0.159. The van der Waals surface area contributed by atoms with Crippen LogP contribution in [0.4, 0.5) is 5.69 Å². The van der Waals surface area contributed by atoms with E-state index in [-0.39, 0.29) is 5.91 Å². The van der Waals surface area contributed by atoms with Gasteiger partial charge in [-0.25, -0.2) is 0 Å². The van der Waals surface area contributed by atoms with Crippen molar-refractivity contribution in [1.29, 1.82) is 0 Å². The van der Waals surface area contributed by atoms with E-state index in [2.05, 4.69) is 20.7 Å². The normalized spacial score (nSPS) is 10.1. The highest BCUT2D eigenvalue weighted by Gasteiger charge is 2.10. The smallest absolute Gasteiger partial charge is 0.255 e. The van der Waals surface area contributed by atoms with Gasteiger partial charge in [0.05, 0.1) is 17.8 Å². The van der Waals surface area contributed by atoms with Crippen LogP contribution in [-0.2, 0) is 13.6 Å². The van der Waals surface area contributed by atoms with Crippen molar-refractivity contribution < 1.29 is 4.79 Å². The first kappa shape index (κ1) is 12.1. The molecular weight excluding hydrogens is 230 g/mol. The van der Waals surface area contributed by atoms with Crippen LogP contribution in [0.5, 0.6) is 0 Å². The summed E-state index contributed by atoms with van der Waals surface area (Å²) in [5.41, 5.74) is 2.23. The SMILES string of the molecule is CNc1ccncc1C(=O)NCc1ccnn1C. The van der Waals surface area contributed by atoms with E-state index in [1.165, 1.54) is 0 Å². The van der Waals surface area contributed by atoms with Crippen molar-refractivity contribution in [2.24, 2.45) is 7.05 Å². The van der Waals surface area contributed by atoms with Crippen molar-refractivity contribution in [2.75, 3.05) is 12.4 Å². The predicted molar refractivity (Wildman–Crippen MR) is 68.2 cm³/mol. The molecule has 2 aromatic heterocycles. The second kappa shape index (κ2) is 5.31. The second-order valence-electron chi connectivity index (χ2n) is 3.80. The largest absolute Gasteiger partial charge is 0.387 e. The van der Waals surface area contributed by atoms with E-state index in [0.29, 0.717) is 12.1 Å². The molecule has 2 rings (SSSR count). The zero-order valence-corrected chi connectivity index (χ0v) is 10.3. The average molecular weight is 245 g/mol. The molecule has 6 heteroatoms. The van der Waals surface area contributed by atoms with Gasteiger partial charge < -0.3 is 10.6 Å². The summed E-state index contributed by atoms with van der Waals surface area (Å²) in [6, 6.07) is 3.63. The van der Waals surface area contributed by atoms with Gasteiger partial charge in [0.1, 0.15) is 0 Å². The lowest BCUT2D eigenvalue weighted by Gasteiger charge is -2.09. The third kappa shape index (κ3) is 2.48. The molecule has 0 fully saturated rings. The molecule has 2 N–H and O–H groups in total. The summed E-state index contributed by atoms with van der Waals surface area (Å²) in [4.78, 5) is 16.0. The van der Waals surface area contributed by atoms with Crippen LogP contribution < -0.4 is 10.6 Å². The van der Waals surface area contributed by atoms with Gasteiger partial charge in [-0.2, -0.15) is 5.10 Å². The zero-order valence-electron chi connectivity index (χ0n) is 10.3. The third-order valence-electron chi connectivity index (χ3n) is 2.69. The van der Waals surface area contributed by atoms with Gasteiger partial charge in [-0.1, -0.05) is 0 Å². The Bertz CT molecular complexity index is 549. The van der Waals surface area contributed by atoms with E-state index >= 15 is 0 Å². The molecule has 0 saturated carbocycles. The Hall–Kier alpha value is -2.37. The maximum absolute atomic E-state index is 12.0. The first-order chi connectivity index (χ1) is 8.72. The monoisotopic (exact) mass is 245 g/mol. The molecule has 0 aliphatic carbocycles. The van der Waals surface area contributed by atoms with E-state index in [1.807, 2.05) is 13.1 Å². The van der Waals surface area contributed by atoms with Crippen LogP contribution in [0.15, 0.2) is 30.7 Å². The predicted octanol–water partition coefficient (Wildman–Crippen LogP) is 0.787. The number of aromatic nitrogens is 3. The van der Waals surface area contributed by atoms with Crippen LogP contribution in [0, 0.1) is 0 Å². The zero-order chi connectivity index (χ0) is 13.0. The molecule has 18 heavy (non-hydrogen) atoms. The summed E-state index contributed by atoms with van der Waals surface area (Å²) >= 11 is 0. The molecule has 0 saturated heterocycles. The van der Waals surface area contributed by atoms with Crippen LogP contribution in [-0.4, -0.2) is 27.7 Å². The Balaban J connectivity index is 2.06. The number of nitrogens with zero attached hydrogens (tertiary/aromatic N) is 3. The lowest BCUT2D eigenvalue weighted by molar-refractivity contribution is 0.0950. The van der Waals surface area contributed by atoms with Crippen molar-refractivity contribution in [3.63, 3.8) is 0 Å². The topological polar surface area (TPSA) is 71.8 Å². The third-order valence-corrected chi connectivity index (χ3v) is 2.69. The molecule has 6 nitrogen and oxygen atoms in total. The average Bonchev–Trinajstić information content (AvgIpc) is 2.81. The fourth-order valence-corrected chi connectivity index (χ4v) is 1.63. The highest BCUT2D eigenvalue weighted by molar-refractivity contribution is 5.99. The Kier molecular flexibility index (Phi) is 3.57. The molecule has 0 aliphatic heterocycles. The van der Waals surface area contributed by atoms with Crippen molar-refractivity contribution in [1.82, 2.24) is 20.1 Å². The summed E-state index contributed by atoms with van der Waals surface area (Å²) in [5.74, 6) is -0.159. The maximum atomic E-state index is 12.0. The number of rotatable bonds is 4. The van der Waals surface area contributed by atoms with Crippen LogP contribution in [0.3, 0.4) is 0 Å². The van der Waals surface area contributed by atoms with E-state index < -0.39 is 0 Å². The second-order valence-corrected chi connectivity index (χ2v) is 3.80. The van der Waals surface area contributed by atoms with Crippen LogP contribution in [0.25, 0.3) is 0 Å². The summed E-state index contributed by atoms with van der Waals surface area (Å²) in [5, 5.41) is 9.84. The van der Waals surface area contributed by atoms with Crippen LogP contribution in [0.2, 0.25) is 0 Å². The van der Waals surface area contributed by atoms with Gasteiger partial charge in [-0.05, 0) is 12.1 Å². The Morgan fingerprint density at radius 2 is 2.22 bits per heavy atom. The van der Waals surface area contributed by atoms with E-state index in [9.17, 15) is 4.79 Å². The van der Waals surface area contributed by atoms with Gasteiger partial charge in [0.2, 0.25) is 0 Å². The van der Waals surface area contributed by atoms with Gasteiger partial charge in [-0.3, -0.25) is 14.5 Å². The molecule has 94 valence electrons. The number of carbonyl (C=O) groups excluding carboxylic acids is 1. The molecule has 2 aromatic rings. The summed E-state index contributed by atoms with van der Waals surface area (Å²) in [7, 11) is 3.61. The Morgan fingerprint density at radius 3 is 2.89 bits per heavy atom. The molecule has 0 aliphatic rings. The number of nitrogens with one attached hydrogen (secondary N) is 2. The number of aryl methyl sites for hydroxylation is 1. The Morgan fingerprint density at radius 1 is 1.39 bits per heavy atom. The van der Waals surface area contributed by atoms with E-state index in [1.54, 1.807) is 36.4 Å². The fourth-order valence-electron chi connectivity index (χ4n) is 1.63. The van der Waals surface area contributed by atoms with Gasteiger partial charge in [0.15, 0.2) is 0 Å². The minimum Gasteiger partial charge on any atom is -0.387 e. The van der Waals surface area contributed by atoms with Gasteiger partial charge >= 0.3 is 0 Å². The van der Waals surface area contributed by atoms with Crippen molar-refractivity contribution in [2.45, 2.75) is 6.54 Å². The first-order valence-electron chi connectivity index (χ1n) is 5.59. The highest BCUT2D eigenvalue weighted by Crippen LogP contribution is 2.12. The lowest BCUT2D eigenvalue weighted by Crippen LogP contribution is -2.25. The quantitative estimate of drug-likeness (QED) is 0.835.